The molecule has 0 aliphatic carbocycles. The number of hydrogen-bond acceptors (Lipinski definition) is 4. The number of carbonyl (C=O) groups is 1. The molecule has 2 amide bonds. The number of carbonyl (C=O) groups excluding carboxylic acids is 1. The molecule has 1 N–H and O–H groups in total. The van der Waals surface area contributed by atoms with E-state index < -0.39 is 0 Å². The van der Waals surface area contributed by atoms with E-state index in [1.165, 1.54) is 12.8 Å². The van der Waals surface area contributed by atoms with Gasteiger partial charge in [0.1, 0.15) is 0 Å². The first-order valence-corrected chi connectivity index (χ1v) is 8.99. The van der Waals surface area contributed by atoms with E-state index in [4.69, 9.17) is 4.74 Å². The van der Waals surface area contributed by atoms with Gasteiger partial charge in [-0.15, -0.1) is 0 Å². The predicted molar refractivity (Wildman–Crippen MR) is 92.8 cm³/mol. The number of urea groups is 1. The van der Waals surface area contributed by atoms with Crippen LogP contribution in [0.25, 0.3) is 0 Å². The van der Waals surface area contributed by atoms with Crippen molar-refractivity contribution in [2.75, 3.05) is 39.3 Å². The summed E-state index contributed by atoms with van der Waals surface area (Å²) in [6.07, 6.45) is 5.33. The van der Waals surface area contributed by atoms with Gasteiger partial charge in [-0.1, -0.05) is 6.07 Å². The number of pyridine rings is 1. The molecule has 2 saturated heterocycles. The molecular formula is C18H28N4O2. The Bertz CT molecular complexity index is 546. The van der Waals surface area contributed by atoms with Crippen molar-refractivity contribution in [3.05, 3.63) is 29.6 Å². The van der Waals surface area contributed by atoms with Gasteiger partial charge in [0, 0.05) is 32.4 Å². The minimum atomic E-state index is -0.0167. The lowest BCUT2D eigenvalue weighted by Gasteiger charge is -2.27. The summed E-state index contributed by atoms with van der Waals surface area (Å²) in [5.74, 6) is 0. The summed E-state index contributed by atoms with van der Waals surface area (Å²) in [6, 6.07) is 3.91. The third kappa shape index (κ3) is 4.68. The number of hydrogen-bond donors (Lipinski definition) is 1. The molecule has 2 aliphatic heterocycles. The van der Waals surface area contributed by atoms with Gasteiger partial charge in [0.05, 0.1) is 18.3 Å². The second-order valence-corrected chi connectivity index (χ2v) is 6.73. The number of nitrogens with zero attached hydrogens (tertiary/aromatic N) is 3. The molecule has 0 spiro atoms. The zero-order chi connectivity index (χ0) is 16.8. The van der Waals surface area contributed by atoms with Gasteiger partial charge < -0.3 is 19.9 Å². The first-order valence-electron chi connectivity index (χ1n) is 8.99. The van der Waals surface area contributed by atoms with Crippen molar-refractivity contribution in [3.8, 4) is 0 Å². The summed E-state index contributed by atoms with van der Waals surface area (Å²) >= 11 is 0. The number of nitrogens with one attached hydrogen (secondary N) is 1. The van der Waals surface area contributed by atoms with Crippen LogP contribution in [0.15, 0.2) is 18.3 Å². The highest BCUT2D eigenvalue weighted by atomic mass is 16.5. The van der Waals surface area contributed by atoms with Gasteiger partial charge in [-0.3, -0.25) is 4.98 Å². The van der Waals surface area contributed by atoms with Gasteiger partial charge >= 0.3 is 6.03 Å². The van der Waals surface area contributed by atoms with Crippen molar-refractivity contribution in [2.24, 2.45) is 0 Å². The Morgan fingerprint density at radius 1 is 1.33 bits per heavy atom. The van der Waals surface area contributed by atoms with Crippen LogP contribution in [-0.4, -0.2) is 66.2 Å². The van der Waals surface area contributed by atoms with Crippen LogP contribution in [-0.2, 0) is 11.3 Å². The fraction of sp³-hybridized carbons (Fsp3) is 0.667. The molecule has 132 valence electrons. The summed E-state index contributed by atoms with van der Waals surface area (Å²) in [4.78, 5) is 21.2. The van der Waals surface area contributed by atoms with E-state index in [2.05, 4.69) is 15.2 Å². The SMILES string of the molecule is Cc1cccnc1CNC(=O)N1CCCOC(CN2CCCC2)C1. The van der Waals surface area contributed by atoms with Crippen LogP contribution in [0.3, 0.4) is 0 Å². The lowest BCUT2D eigenvalue weighted by Crippen LogP contribution is -2.45. The molecule has 0 bridgehead atoms. The maximum absolute atomic E-state index is 12.5. The molecule has 6 heteroatoms. The normalized spacial score (nSPS) is 22.4. The fourth-order valence-corrected chi connectivity index (χ4v) is 3.42. The Balaban J connectivity index is 1.51. The van der Waals surface area contributed by atoms with E-state index in [0.29, 0.717) is 13.1 Å². The van der Waals surface area contributed by atoms with Gasteiger partial charge in [0.2, 0.25) is 0 Å². The number of ether oxygens (including phenoxy) is 1. The summed E-state index contributed by atoms with van der Waals surface area (Å²) in [5.41, 5.74) is 2.02. The van der Waals surface area contributed by atoms with Crippen molar-refractivity contribution in [3.63, 3.8) is 0 Å². The Labute approximate surface area is 144 Å². The Kier molecular flexibility index (Phi) is 6.04. The number of aromatic nitrogens is 1. The molecule has 3 heterocycles. The third-order valence-corrected chi connectivity index (χ3v) is 4.82. The van der Waals surface area contributed by atoms with Crippen LogP contribution >= 0.6 is 0 Å². The van der Waals surface area contributed by atoms with Crippen LogP contribution in [0, 0.1) is 6.92 Å². The quantitative estimate of drug-likeness (QED) is 0.913. The summed E-state index contributed by atoms with van der Waals surface area (Å²) in [7, 11) is 0. The lowest BCUT2D eigenvalue weighted by atomic mass is 10.2. The Hall–Kier alpha value is -1.66. The highest BCUT2D eigenvalue weighted by Gasteiger charge is 2.25. The molecule has 2 aliphatic rings. The smallest absolute Gasteiger partial charge is 0.317 e. The zero-order valence-electron chi connectivity index (χ0n) is 14.5. The highest BCUT2D eigenvalue weighted by Crippen LogP contribution is 2.13. The van der Waals surface area contributed by atoms with Crippen LogP contribution in [0.5, 0.6) is 0 Å². The van der Waals surface area contributed by atoms with E-state index in [-0.39, 0.29) is 12.1 Å². The maximum atomic E-state index is 12.5. The molecule has 0 saturated carbocycles. The highest BCUT2D eigenvalue weighted by molar-refractivity contribution is 5.74. The molecule has 6 nitrogen and oxygen atoms in total. The van der Waals surface area contributed by atoms with Gasteiger partial charge in [-0.05, 0) is 50.9 Å². The summed E-state index contributed by atoms with van der Waals surface area (Å²) in [6.45, 7) is 7.90. The fourth-order valence-electron chi connectivity index (χ4n) is 3.42. The molecule has 0 radical (unpaired) electrons. The molecular weight excluding hydrogens is 304 g/mol. The van der Waals surface area contributed by atoms with Gasteiger partial charge in [-0.25, -0.2) is 4.79 Å². The molecule has 1 atom stereocenters. The van der Waals surface area contributed by atoms with Crippen LogP contribution in [0.1, 0.15) is 30.5 Å². The predicted octanol–water partition coefficient (Wildman–Crippen LogP) is 1.79. The van der Waals surface area contributed by atoms with Crippen LogP contribution in [0.2, 0.25) is 0 Å². The molecule has 2 fully saturated rings. The van der Waals surface area contributed by atoms with Gasteiger partial charge in [-0.2, -0.15) is 0 Å². The van der Waals surface area contributed by atoms with E-state index in [9.17, 15) is 4.79 Å². The molecule has 1 aromatic heterocycles. The number of likely N-dealkylation sites (tertiary alicyclic amines) is 1. The van der Waals surface area contributed by atoms with E-state index in [1.807, 2.05) is 24.0 Å². The lowest BCUT2D eigenvalue weighted by molar-refractivity contribution is 0.0349. The topological polar surface area (TPSA) is 57.7 Å². The second-order valence-electron chi connectivity index (χ2n) is 6.73. The monoisotopic (exact) mass is 332 g/mol. The number of amides is 2. The summed E-state index contributed by atoms with van der Waals surface area (Å²) in [5, 5.41) is 3.01. The minimum absolute atomic E-state index is 0.0167. The third-order valence-electron chi connectivity index (χ3n) is 4.82. The first-order chi connectivity index (χ1) is 11.7. The van der Waals surface area contributed by atoms with Crippen molar-refractivity contribution in [1.82, 2.24) is 20.1 Å². The van der Waals surface area contributed by atoms with E-state index in [0.717, 1.165) is 50.5 Å². The zero-order valence-corrected chi connectivity index (χ0v) is 14.5. The second kappa shape index (κ2) is 8.44. The van der Waals surface area contributed by atoms with Crippen LogP contribution in [0.4, 0.5) is 4.79 Å². The number of aryl methyl sites for hydroxylation is 1. The molecule has 0 aromatic carbocycles. The first kappa shape index (κ1) is 17.2. The van der Waals surface area contributed by atoms with Crippen molar-refractivity contribution in [2.45, 2.75) is 38.8 Å². The minimum Gasteiger partial charge on any atom is -0.375 e. The van der Waals surface area contributed by atoms with Crippen LogP contribution < -0.4 is 5.32 Å². The van der Waals surface area contributed by atoms with Crippen molar-refractivity contribution < 1.29 is 9.53 Å². The Morgan fingerprint density at radius 2 is 2.17 bits per heavy atom. The average Bonchev–Trinajstić information content (AvgIpc) is 2.98. The molecule has 1 aromatic rings. The molecule has 1 unspecified atom stereocenters. The summed E-state index contributed by atoms with van der Waals surface area (Å²) < 4.78 is 5.95. The molecule has 24 heavy (non-hydrogen) atoms. The average molecular weight is 332 g/mol. The molecule has 3 rings (SSSR count). The Morgan fingerprint density at radius 3 is 2.96 bits per heavy atom. The van der Waals surface area contributed by atoms with Crippen molar-refractivity contribution >= 4 is 6.03 Å². The van der Waals surface area contributed by atoms with E-state index in [1.54, 1.807) is 6.20 Å². The largest absolute Gasteiger partial charge is 0.375 e. The van der Waals surface area contributed by atoms with E-state index >= 15 is 0 Å². The van der Waals surface area contributed by atoms with Gasteiger partial charge in [0.15, 0.2) is 0 Å². The van der Waals surface area contributed by atoms with Crippen molar-refractivity contribution in [1.29, 1.82) is 0 Å². The maximum Gasteiger partial charge on any atom is 0.317 e. The number of rotatable bonds is 4. The standard InChI is InChI=1S/C18H28N4O2/c1-15-6-4-7-19-17(15)12-20-18(23)22-10-5-11-24-16(14-22)13-21-8-2-3-9-21/h4,6-7,16H,2-3,5,8-14H2,1H3,(H,20,23). The van der Waals surface area contributed by atoms with Gasteiger partial charge in [0.25, 0.3) is 0 Å².